The second kappa shape index (κ2) is 3.42. The van der Waals surface area contributed by atoms with Gasteiger partial charge in [-0.15, -0.1) is 0 Å². The first-order chi connectivity index (χ1) is 5.54. The van der Waals surface area contributed by atoms with E-state index >= 15 is 0 Å². The first kappa shape index (κ1) is 9.49. The second-order valence-electron chi connectivity index (χ2n) is 3.07. The van der Waals surface area contributed by atoms with Crippen LogP contribution in [0.3, 0.4) is 0 Å². The van der Waals surface area contributed by atoms with E-state index in [1.807, 2.05) is 0 Å². The van der Waals surface area contributed by atoms with Crippen LogP contribution in [0.4, 0.5) is 0 Å². The van der Waals surface area contributed by atoms with Gasteiger partial charge in [-0.2, -0.15) is 5.26 Å². The van der Waals surface area contributed by atoms with Crippen LogP contribution in [0.15, 0.2) is 0 Å². The van der Waals surface area contributed by atoms with E-state index in [2.05, 4.69) is 6.07 Å². The van der Waals surface area contributed by atoms with Crippen molar-refractivity contribution in [2.24, 2.45) is 5.92 Å². The minimum Gasteiger partial charge on any atom is -0.213 e. The molecular weight excluding hydrogens is 176 g/mol. The van der Waals surface area contributed by atoms with Crippen LogP contribution in [-0.4, -0.2) is 32.1 Å². The summed E-state index contributed by atoms with van der Waals surface area (Å²) < 4.78 is 23.5. The Kier molecular flexibility index (Phi) is 2.70. The van der Waals surface area contributed by atoms with Gasteiger partial charge in [0.15, 0.2) is 0 Å². The largest absolute Gasteiger partial charge is 0.213 e. The van der Waals surface area contributed by atoms with Crippen molar-refractivity contribution in [1.29, 1.82) is 5.26 Å². The van der Waals surface area contributed by atoms with Crippen molar-refractivity contribution < 1.29 is 8.42 Å². The number of nitriles is 1. The zero-order chi connectivity index (χ0) is 9.19. The van der Waals surface area contributed by atoms with Gasteiger partial charge in [-0.05, 0) is 12.8 Å². The van der Waals surface area contributed by atoms with Crippen LogP contribution in [0.5, 0.6) is 0 Å². The molecule has 5 heteroatoms. The Morgan fingerprint density at radius 2 is 1.92 bits per heavy atom. The van der Waals surface area contributed by atoms with Gasteiger partial charge in [0.1, 0.15) is 0 Å². The molecule has 0 aromatic carbocycles. The maximum atomic E-state index is 11.0. The van der Waals surface area contributed by atoms with E-state index in [-0.39, 0.29) is 5.92 Å². The van der Waals surface area contributed by atoms with E-state index in [1.165, 1.54) is 10.6 Å². The standard InChI is InChI=1S/C7H12N2O2S/c1-12(10,11)9-4-2-7(6-8)3-5-9/h7H,2-5H2,1H3. The molecule has 0 spiro atoms. The summed E-state index contributed by atoms with van der Waals surface area (Å²) in [7, 11) is -3.03. The van der Waals surface area contributed by atoms with Gasteiger partial charge in [-0.1, -0.05) is 0 Å². The number of hydrogen-bond donors (Lipinski definition) is 0. The zero-order valence-corrected chi connectivity index (χ0v) is 7.84. The highest BCUT2D eigenvalue weighted by molar-refractivity contribution is 7.88. The number of rotatable bonds is 1. The number of sulfonamides is 1. The highest BCUT2D eigenvalue weighted by atomic mass is 32.2. The van der Waals surface area contributed by atoms with E-state index in [4.69, 9.17) is 5.26 Å². The predicted molar refractivity (Wildman–Crippen MR) is 44.8 cm³/mol. The average Bonchev–Trinajstić information content (AvgIpc) is 2.03. The molecule has 1 heterocycles. The Labute approximate surface area is 72.8 Å². The van der Waals surface area contributed by atoms with Crippen LogP contribution in [0, 0.1) is 17.2 Å². The molecule has 68 valence electrons. The molecule has 12 heavy (non-hydrogen) atoms. The molecule has 0 radical (unpaired) electrons. The molecule has 1 rings (SSSR count). The zero-order valence-electron chi connectivity index (χ0n) is 7.02. The highest BCUT2D eigenvalue weighted by Crippen LogP contribution is 2.17. The van der Waals surface area contributed by atoms with Gasteiger partial charge in [-0.25, -0.2) is 12.7 Å². The van der Waals surface area contributed by atoms with Gasteiger partial charge in [-0.3, -0.25) is 0 Å². The third kappa shape index (κ3) is 2.19. The molecule has 4 nitrogen and oxygen atoms in total. The molecule has 0 saturated carbocycles. The molecular formula is C7H12N2O2S. The third-order valence-corrected chi connectivity index (χ3v) is 3.41. The fourth-order valence-corrected chi connectivity index (χ4v) is 2.19. The van der Waals surface area contributed by atoms with Crippen molar-refractivity contribution in [1.82, 2.24) is 4.31 Å². The lowest BCUT2D eigenvalue weighted by Gasteiger charge is -2.26. The average molecular weight is 188 g/mol. The Balaban J connectivity index is 2.54. The minimum absolute atomic E-state index is 0.0444. The summed E-state index contributed by atoms with van der Waals surface area (Å²) in [5, 5.41) is 8.56. The van der Waals surface area contributed by atoms with E-state index in [0.717, 1.165) is 0 Å². The van der Waals surface area contributed by atoms with Crippen molar-refractivity contribution in [2.45, 2.75) is 12.8 Å². The molecule has 0 bridgehead atoms. The Hall–Kier alpha value is -0.600. The lowest BCUT2D eigenvalue weighted by Crippen LogP contribution is -2.37. The van der Waals surface area contributed by atoms with Crippen molar-refractivity contribution in [3.63, 3.8) is 0 Å². The van der Waals surface area contributed by atoms with Crippen molar-refractivity contribution >= 4 is 10.0 Å². The smallest absolute Gasteiger partial charge is 0.211 e. The van der Waals surface area contributed by atoms with E-state index in [0.29, 0.717) is 25.9 Å². The molecule has 0 N–H and O–H groups in total. The van der Waals surface area contributed by atoms with Crippen molar-refractivity contribution in [3.05, 3.63) is 0 Å². The molecule has 1 fully saturated rings. The molecule has 1 aliphatic heterocycles. The quantitative estimate of drug-likeness (QED) is 0.589. The topological polar surface area (TPSA) is 61.2 Å². The van der Waals surface area contributed by atoms with Gasteiger partial charge >= 0.3 is 0 Å². The maximum Gasteiger partial charge on any atom is 0.211 e. The summed E-state index contributed by atoms with van der Waals surface area (Å²) in [6.07, 6.45) is 2.55. The summed E-state index contributed by atoms with van der Waals surface area (Å²) >= 11 is 0. The monoisotopic (exact) mass is 188 g/mol. The molecule has 0 amide bonds. The normalized spacial score (nSPS) is 22.0. The fraction of sp³-hybridized carbons (Fsp3) is 0.857. The van der Waals surface area contributed by atoms with E-state index in [1.54, 1.807) is 0 Å². The van der Waals surface area contributed by atoms with Crippen LogP contribution in [-0.2, 0) is 10.0 Å². The van der Waals surface area contributed by atoms with Crippen LogP contribution >= 0.6 is 0 Å². The maximum absolute atomic E-state index is 11.0. The first-order valence-electron chi connectivity index (χ1n) is 3.89. The van der Waals surface area contributed by atoms with E-state index < -0.39 is 10.0 Å². The van der Waals surface area contributed by atoms with Crippen LogP contribution in [0.2, 0.25) is 0 Å². The Morgan fingerprint density at radius 3 is 2.25 bits per heavy atom. The van der Waals surface area contributed by atoms with Crippen molar-refractivity contribution in [2.75, 3.05) is 19.3 Å². The Morgan fingerprint density at radius 1 is 1.42 bits per heavy atom. The van der Waals surface area contributed by atoms with Crippen LogP contribution in [0.1, 0.15) is 12.8 Å². The lowest BCUT2D eigenvalue weighted by atomic mass is 10.0. The number of nitrogens with zero attached hydrogens (tertiary/aromatic N) is 2. The molecule has 0 atom stereocenters. The summed E-state index contributed by atoms with van der Waals surface area (Å²) in [6.45, 7) is 0.994. The van der Waals surface area contributed by atoms with Gasteiger partial charge in [0.2, 0.25) is 10.0 Å². The second-order valence-corrected chi connectivity index (χ2v) is 5.05. The minimum atomic E-state index is -3.03. The molecule has 0 aliphatic carbocycles. The SMILES string of the molecule is CS(=O)(=O)N1CCC(C#N)CC1. The summed E-state index contributed by atoms with van der Waals surface area (Å²) in [4.78, 5) is 0. The van der Waals surface area contributed by atoms with Crippen molar-refractivity contribution in [3.8, 4) is 6.07 Å². The fourth-order valence-electron chi connectivity index (χ4n) is 1.32. The highest BCUT2D eigenvalue weighted by Gasteiger charge is 2.24. The summed E-state index contributed by atoms with van der Waals surface area (Å²) in [5.74, 6) is 0.0444. The summed E-state index contributed by atoms with van der Waals surface area (Å²) in [5.41, 5.74) is 0. The number of piperidine rings is 1. The summed E-state index contributed by atoms with van der Waals surface area (Å²) in [6, 6.07) is 2.15. The van der Waals surface area contributed by atoms with Crippen LogP contribution in [0.25, 0.3) is 0 Å². The Bertz CT molecular complexity index is 283. The van der Waals surface area contributed by atoms with Gasteiger partial charge in [0, 0.05) is 19.0 Å². The molecule has 1 saturated heterocycles. The lowest BCUT2D eigenvalue weighted by molar-refractivity contribution is 0.311. The third-order valence-electron chi connectivity index (χ3n) is 2.11. The predicted octanol–water partition coefficient (Wildman–Crippen LogP) is 0.182. The van der Waals surface area contributed by atoms with Gasteiger partial charge in [0.25, 0.3) is 0 Å². The molecule has 0 unspecified atom stereocenters. The van der Waals surface area contributed by atoms with E-state index in [9.17, 15) is 8.42 Å². The molecule has 1 aliphatic rings. The van der Waals surface area contributed by atoms with Crippen LogP contribution < -0.4 is 0 Å². The van der Waals surface area contributed by atoms with Gasteiger partial charge in [0.05, 0.1) is 12.3 Å². The molecule has 0 aromatic rings. The number of hydrogen-bond acceptors (Lipinski definition) is 3. The first-order valence-corrected chi connectivity index (χ1v) is 5.73. The molecule has 0 aromatic heterocycles. The van der Waals surface area contributed by atoms with Gasteiger partial charge < -0.3 is 0 Å².